The van der Waals surface area contributed by atoms with Gasteiger partial charge in [0.25, 0.3) is 0 Å². The maximum absolute atomic E-state index is 11.7. The van der Waals surface area contributed by atoms with E-state index in [-0.39, 0.29) is 12.0 Å². The second-order valence-electron chi connectivity index (χ2n) is 4.34. The summed E-state index contributed by atoms with van der Waals surface area (Å²) in [5, 5.41) is 5.96. The molecule has 0 saturated carbocycles. The molecule has 1 aliphatic heterocycles. The van der Waals surface area contributed by atoms with E-state index in [2.05, 4.69) is 10.6 Å². The standard InChI is InChI=1S/C13H20N2O4/c16-13(12-9-14-5-8-19-12)15-4-2-6-17-10-11-3-1-7-18-11/h1,3,7,12,14H,2,4-6,8-10H2,(H,15,16). The highest BCUT2D eigenvalue weighted by Crippen LogP contribution is 2.01. The zero-order valence-electron chi connectivity index (χ0n) is 10.9. The van der Waals surface area contributed by atoms with Crippen molar-refractivity contribution in [1.29, 1.82) is 0 Å². The van der Waals surface area contributed by atoms with Crippen LogP contribution in [0.3, 0.4) is 0 Å². The van der Waals surface area contributed by atoms with Crippen molar-refractivity contribution >= 4 is 5.91 Å². The Morgan fingerprint density at radius 3 is 3.26 bits per heavy atom. The molecule has 1 amide bonds. The van der Waals surface area contributed by atoms with Crippen molar-refractivity contribution in [2.24, 2.45) is 0 Å². The van der Waals surface area contributed by atoms with Crippen LogP contribution in [0.2, 0.25) is 0 Å². The lowest BCUT2D eigenvalue weighted by molar-refractivity contribution is -0.134. The van der Waals surface area contributed by atoms with E-state index in [0.29, 0.717) is 32.9 Å². The molecular weight excluding hydrogens is 248 g/mol. The number of rotatable bonds is 7. The average Bonchev–Trinajstić information content (AvgIpc) is 2.96. The monoisotopic (exact) mass is 268 g/mol. The van der Waals surface area contributed by atoms with Crippen LogP contribution in [0, 0.1) is 0 Å². The van der Waals surface area contributed by atoms with Crippen LogP contribution in [0.25, 0.3) is 0 Å². The molecule has 1 aliphatic rings. The Kier molecular flexibility index (Phi) is 5.87. The summed E-state index contributed by atoms with van der Waals surface area (Å²) >= 11 is 0. The van der Waals surface area contributed by atoms with Gasteiger partial charge in [0.15, 0.2) is 0 Å². The van der Waals surface area contributed by atoms with Crippen molar-refractivity contribution in [3.8, 4) is 0 Å². The van der Waals surface area contributed by atoms with Gasteiger partial charge in [-0.3, -0.25) is 4.79 Å². The van der Waals surface area contributed by atoms with Gasteiger partial charge in [-0.05, 0) is 18.6 Å². The minimum atomic E-state index is -0.363. The third-order valence-corrected chi connectivity index (χ3v) is 2.81. The maximum Gasteiger partial charge on any atom is 0.250 e. The molecule has 1 aromatic heterocycles. The Morgan fingerprint density at radius 2 is 2.53 bits per heavy atom. The van der Waals surface area contributed by atoms with Gasteiger partial charge in [-0.25, -0.2) is 0 Å². The van der Waals surface area contributed by atoms with Crippen LogP contribution in [-0.4, -0.2) is 44.9 Å². The Bertz CT molecular complexity index is 361. The summed E-state index contributed by atoms with van der Waals surface area (Å²) in [6, 6.07) is 3.70. The van der Waals surface area contributed by atoms with E-state index < -0.39 is 0 Å². The van der Waals surface area contributed by atoms with Crippen molar-refractivity contribution in [3.63, 3.8) is 0 Å². The zero-order chi connectivity index (χ0) is 13.3. The van der Waals surface area contributed by atoms with E-state index in [1.165, 1.54) is 0 Å². The van der Waals surface area contributed by atoms with Crippen LogP contribution >= 0.6 is 0 Å². The fourth-order valence-corrected chi connectivity index (χ4v) is 1.80. The molecule has 0 aromatic carbocycles. The number of hydrogen-bond acceptors (Lipinski definition) is 5. The lowest BCUT2D eigenvalue weighted by atomic mass is 10.3. The first-order chi connectivity index (χ1) is 9.36. The number of furan rings is 1. The van der Waals surface area contributed by atoms with Crippen molar-refractivity contribution < 1.29 is 18.7 Å². The highest BCUT2D eigenvalue weighted by molar-refractivity contribution is 5.81. The zero-order valence-corrected chi connectivity index (χ0v) is 10.9. The van der Waals surface area contributed by atoms with Crippen LogP contribution in [-0.2, 0) is 20.9 Å². The molecule has 1 saturated heterocycles. The number of amides is 1. The van der Waals surface area contributed by atoms with E-state index in [1.54, 1.807) is 6.26 Å². The molecule has 1 unspecified atom stereocenters. The molecule has 106 valence electrons. The Balaban J connectivity index is 1.48. The van der Waals surface area contributed by atoms with Gasteiger partial charge in [0, 0.05) is 26.2 Å². The SMILES string of the molecule is O=C(NCCCOCc1ccco1)C1CNCCO1. The van der Waals surface area contributed by atoms with Crippen molar-refractivity contribution in [1.82, 2.24) is 10.6 Å². The summed E-state index contributed by atoms with van der Waals surface area (Å²) in [5.41, 5.74) is 0. The second kappa shape index (κ2) is 7.93. The summed E-state index contributed by atoms with van der Waals surface area (Å²) in [6.45, 7) is 3.63. The predicted octanol–water partition coefficient (Wildman–Crippen LogP) is 0.291. The van der Waals surface area contributed by atoms with Gasteiger partial charge in [-0.2, -0.15) is 0 Å². The molecule has 19 heavy (non-hydrogen) atoms. The van der Waals surface area contributed by atoms with Crippen LogP contribution in [0.4, 0.5) is 0 Å². The Labute approximate surface area is 112 Å². The summed E-state index contributed by atoms with van der Waals surface area (Å²) < 4.78 is 15.9. The van der Waals surface area contributed by atoms with Gasteiger partial charge in [0.2, 0.25) is 5.91 Å². The van der Waals surface area contributed by atoms with Crippen LogP contribution < -0.4 is 10.6 Å². The summed E-state index contributed by atoms with van der Waals surface area (Å²) in [4.78, 5) is 11.7. The molecule has 0 aliphatic carbocycles. The largest absolute Gasteiger partial charge is 0.467 e. The second-order valence-corrected chi connectivity index (χ2v) is 4.34. The van der Waals surface area contributed by atoms with E-state index in [9.17, 15) is 4.79 Å². The third-order valence-electron chi connectivity index (χ3n) is 2.81. The number of ether oxygens (including phenoxy) is 2. The molecule has 2 rings (SSSR count). The van der Waals surface area contributed by atoms with Gasteiger partial charge in [-0.1, -0.05) is 0 Å². The molecule has 1 aromatic rings. The molecule has 1 atom stereocenters. The third kappa shape index (κ3) is 5.02. The fraction of sp³-hybridized carbons (Fsp3) is 0.615. The lowest BCUT2D eigenvalue weighted by Crippen LogP contribution is -2.48. The van der Waals surface area contributed by atoms with Gasteiger partial charge >= 0.3 is 0 Å². The quantitative estimate of drug-likeness (QED) is 0.695. The molecule has 1 fully saturated rings. The molecule has 6 heteroatoms. The van der Waals surface area contributed by atoms with Crippen LogP contribution in [0.15, 0.2) is 22.8 Å². The van der Waals surface area contributed by atoms with Crippen molar-refractivity contribution in [3.05, 3.63) is 24.2 Å². The number of nitrogens with one attached hydrogen (secondary N) is 2. The van der Waals surface area contributed by atoms with E-state index in [1.807, 2.05) is 12.1 Å². The number of hydrogen-bond donors (Lipinski definition) is 2. The minimum Gasteiger partial charge on any atom is -0.467 e. The number of carbonyl (C=O) groups excluding carboxylic acids is 1. The first-order valence-electron chi connectivity index (χ1n) is 6.56. The summed E-state index contributed by atoms with van der Waals surface area (Å²) in [5.74, 6) is 0.754. The van der Waals surface area contributed by atoms with Crippen molar-refractivity contribution in [2.75, 3.05) is 32.8 Å². The van der Waals surface area contributed by atoms with Gasteiger partial charge < -0.3 is 24.5 Å². The molecule has 0 bridgehead atoms. The van der Waals surface area contributed by atoms with Gasteiger partial charge in [-0.15, -0.1) is 0 Å². The van der Waals surface area contributed by atoms with Gasteiger partial charge in [0.05, 0.1) is 12.9 Å². The Morgan fingerprint density at radius 1 is 1.58 bits per heavy atom. The molecule has 0 spiro atoms. The predicted molar refractivity (Wildman–Crippen MR) is 68.6 cm³/mol. The first-order valence-corrected chi connectivity index (χ1v) is 6.56. The molecule has 2 N–H and O–H groups in total. The summed E-state index contributed by atoms with van der Waals surface area (Å²) in [6.07, 6.45) is 2.03. The normalized spacial score (nSPS) is 19.3. The van der Waals surface area contributed by atoms with E-state index in [0.717, 1.165) is 18.7 Å². The molecule has 6 nitrogen and oxygen atoms in total. The highest BCUT2D eigenvalue weighted by Gasteiger charge is 2.20. The maximum atomic E-state index is 11.7. The van der Waals surface area contributed by atoms with Gasteiger partial charge in [0.1, 0.15) is 18.5 Å². The average molecular weight is 268 g/mol. The first kappa shape index (κ1) is 14.0. The number of morpholine rings is 1. The number of carbonyl (C=O) groups is 1. The molecular formula is C13H20N2O4. The highest BCUT2D eigenvalue weighted by atomic mass is 16.5. The van der Waals surface area contributed by atoms with Crippen molar-refractivity contribution in [2.45, 2.75) is 19.1 Å². The fourth-order valence-electron chi connectivity index (χ4n) is 1.80. The van der Waals surface area contributed by atoms with E-state index >= 15 is 0 Å². The smallest absolute Gasteiger partial charge is 0.250 e. The topological polar surface area (TPSA) is 72.7 Å². The van der Waals surface area contributed by atoms with Crippen LogP contribution in [0.1, 0.15) is 12.2 Å². The Hall–Kier alpha value is -1.37. The minimum absolute atomic E-state index is 0.0572. The molecule has 2 heterocycles. The summed E-state index contributed by atoms with van der Waals surface area (Å²) in [7, 11) is 0. The lowest BCUT2D eigenvalue weighted by Gasteiger charge is -2.22. The molecule has 0 radical (unpaired) electrons. The van der Waals surface area contributed by atoms with E-state index in [4.69, 9.17) is 13.9 Å². The van der Waals surface area contributed by atoms with Crippen LogP contribution in [0.5, 0.6) is 0 Å².